The summed E-state index contributed by atoms with van der Waals surface area (Å²) in [6.45, 7) is 7.06. The molecule has 0 aliphatic carbocycles. The van der Waals surface area contributed by atoms with E-state index in [1.54, 1.807) is 31.4 Å². The standard InChI is InChI=1S/C26H31NO4S/c1-19-4-8-24(9-5-19)32(28,29)31-18-22-13-15-27(17-22)14-12-21-6-10-25-20(2)26(30-3)11-7-23(25)16-21/h4-11,16,22H,12-15,17-18H2,1-3H3. The second-order valence-electron chi connectivity index (χ2n) is 8.71. The zero-order valence-corrected chi connectivity index (χ0v) is 19.8. The van der Waals surface area contributed by atoms with Gasteiger partial charge in [0.05, 0.1) is 18.6 Å². The Labute approximate surface area is 191 Å². The number of ether oxygens (including phenoxy) is 1. The van der Waals surface area contributed by atoms with Gasteiger partial charge in [-0.3, -0.25) is 4.18 Å². The average Bonchev–Trinajstić information content (AvgIpc) is 3.25. The van der Waals surface area contributed by atoms with Crippen molar-refractivity contribution >= 4 is 20.9 Å². The summed E-state index contributed by atoms with van der Waals surface area (Å²) in [6.07, 6.45) is 1.93. The highest BCUT2D eigenvalue weighted by Gasteiger charge is 2.25. The van der Waals surface area contributed by atoms with Gasteiger partial charge in [-0.15, -0.1) is 0 Å². The highest BCUT2D eigenvalue weighted by atomic mass is 32.2. The number of methoxy groups -OCH3 is 1. The number of likely N-dealkylation sites (tertiary alicyclic amines) is 1. The Bertz CT molecular complexity index is 1190. The molecule has 0 spiro atoms. The first-order valence-corrected chi connectivity index (χ1v) is 12.5. The Morgan fingerprint density at radius 3 is 2.56 bits per heavy atom. The lowest BCUT2D eigenvalue weighted by Gasteiger charge is -2.16. The van der Waals surface area contributed by atoms with Gasteiger partial charge in [0, 0.05) is 13.1 Å². The summed E-state index contributed by atoms with van der Waals surface area (Å²) in [5, 5.41) is 2.45. The third-order valence-corrected chi connectivity index (χ3v) is 7.67. The van der Waals surface area contributed by atoms with Gasteiger partial charge >= 0.3 is 0 Å². The molecule has 1 unspecified atom stereocenters. The molecular weight excluding hydrogens is 422 g/mol. The predicted octanol–water partition coefficient (Wildman–Crippen LogP) is 4.74. The fraction of sp³-hybridized carbons (Fsp3) is 0.385. The van der Waals surface area contributed by atoms with Crippen LogP contribution in [0.15, 0.2) is 59.5 Å². The van der Waals surface area contributed by atoms with Crippen LogP contribution in [0.25, 0.3) is 10.8 Å². The van der Waals surface area contributed by atoms with Crippen LogP contribution >= 0.6 is 0 Å². The van der Waals surface area contributed by atoms with Crippen LogP contribution < -0.4 is 4.74 Å². The number of nitrogens with zero attached hydrogens (tertiary/aromatic N) is 1. The summed E-state index contributed by atoms with van der Waals surface area (Å²) < 4.78 is 35.6. The van der Waals surface area contributed by atoms with E-state index in [1.807, 2.05) is 13.0 Å². The van der Waals surface area contributed by atoms with Gasteiger partial charge in [0.1, 0.15) is 5.75 Å². The predicted molar refractivity (Wildman–Crippen MR) is 128 cm³/mol. The van der Waals surface area contributed by atoms with Gasteiger partial charge in [-0.1, -0.05) is 42.0 Å². The van der Waals surface area contributed by atoms with Crippen LogP contribution in [-0.2, 0) is 20.7 Å². The van der Waals surface area contributed by atoms with E-state index < -0.39 is 10.1 Å². The average molecular weight is 454 g/mol. The van der Waals surface area contributed by atoms with Crippen molar-refractivity contribution in [3.05, 3.63) is 71.3 Å². The lowest BCUT2D eigenvalue weighted by molar-refractivity contribution is 0.246. The molecule has 0 aromatic heterocycles. The smallest absolute Gasteiger partial charge is 0.296 e. The molecule has 0 radical (unpaired) electrons. The second kappa shape index (κ2) is 9.61. The van der Waals surface area contributed by atoms with Crippen molar-refractivity contribution in [2.75, 3.05) is 33.4 Å². The maximum absolute atomic E-state index is 12.4. The normalized spacial score (nSPS) is 17.2. The molecule has 1 fully saturated rings. The van der Waals surface area contributed by atoms with E-state index in [2.05, 4.69) is 36.1 Å². The third kappa shape index (κ3) is 5.14. The quantitative estimate of drug-likeness (QED) is 0.461. The second-order valence-corrected chi connectivity index (χ2v) is 10.3. The van der Waals surface area contributed by atoms with Crippen molar-refractivity contribution < 1.29 is 17.3 Å². The minimum absolute atomic E-state index is 0.224. The van der Waals surface area contributed by atoms with Gasteiger partial charge in [-0.2, -0.15) is 8.42 Å². The Morgan fingerprint density at radius 1 is 1.03 bits per heavy atom. The summed E-state index contributed by atoms with van der Waals surface area (Å²) >= 11 is 0. The Hall–Kier alpha value is -2.41. The van der Waals surface area contributed by atoms with Gasteiger partial charge in [-0.25, -0.2) is 0 Å². The van der Waals surface area contributed by atoms with Crippen LogP contribution in [-0.4, -0.2) is 46.7 Å². The van der Waals surface area contributed by atoms with Gasteiger partial charge in [-0.05, 0) is 79.3 Å². The molecule has 6 heteroatoms. The minimum Gasteiger partial charge on any atom is -0.496 e. The van der Waals surface area contributed by atoms with Crippen LogP contribution in [0.5, 0.6) is 5.75 Å². The molecule has 0 amide bonds. The number of hydrogen-bond acceptors (Lipinski definition) is 5. The van der Waals surface area contributed by atoms with Crippen LogP contribution in [0.1, 0.15) is 23.1 Å². The first-order valence-electron chi connectivity index (χ1n) is 11.1. The Kier molecular flexibility index (Phi) is 6.84. The number of aryl methyl sites for hydroxylation is 2. The first-order chi connectivity index (χ1) is 15.4. The molecule has 0 saturated carbocycles. The van der Waals surface area contributed by atoms with Crippen molar-refractivity contribution in [1.29, 1.82) is 0 Å². The summed E-state index contributed by atoms with van der Waals surface area (Å²) in [5.74, 6) is 1.15. The van der Waals surface area contributed by atoms with Crippen molar-refractivity contribution in [1.82, 2.24) is 4.90 Å². The van der Waals surface area contributed by atoms with E-state index in [0.29, 0.717) is 0 Å². The Balaban J connectivity index is 1.29. The zero-order chi connectivity index (χ0) is 22.7. The summed E-state index contributed by atoms with van der Waals surface area (Å²) in [5.41, 5.74) is 3.50. The molecule has 0 N–H and O–H groups in total. The molecule has 1 aliphatic rings. The van der Waals surface area contributed by atoms with E-state index in [9.17, 15) is 8.42 Å². The highest BCUT2D eigenvalue weighted by Crippen LogP contribution is 2.28. The lowest BCUT2D eigenvalue weighted by atomic mass is 10.0. The summed E-state index contributed by atoms with van der Waals surface area (Å²) in [6, 6.07) is 17.6. The first kappa shape index (κ1) is 22.8. The van der Waals surface area contributed by atoms with Crippen LogP contribution in [0.4, 0.5) is 0 Å². The Morgan fingerprint density at radius 2 is 1.81 bits per heavy atom. The highest BCUT2D eigenvalue weighted by molar-refractivity contribution is 7.86. The molecule has 32 heavy (non-hydrogen) atoms. The minimum atomic E-state index is -3.69. The van der Waals surface area contributed by atoms with Crippen molar-refractivity contribution in [3.63, 3.8) is 0 Å². The molecule has 1 saturated heterocycles. The van der Waals surface area contributed by atoms with Gasteiger partial charge in [0.25, 0.3) is 10.1 Å². The topological polar surface area (TPSA) is 55.8 Å². The van der Waals surface area contributed by atoms with E-state index in [1.165, 1.54) is 21.9 Å². The molecule has 1 heterocycles. The van der Waals surface area contributed by atoms with Crippen molar-refractivity contribution in [2.45, 2.75) is 31.6 Å². The fourth-order valence-electron chi connectivity index (χ4n) is 4.39. The molecule has 1 aliphatic heterocycles. The molecule has 5 nitrogen and oxygen atoms in total. The van der Waals surface area contributed by atoms with Crippen molar-refractivity contribution in [2.24, 2.45) is 5.92 Å². The van der Waals surface area contributed by atoms with E-state index in [0.717, 1.165) is 43.8 Å². The molecule has 3 aromatic rings. The van der Waals surface area contributed by atoms with Gasteiger partial charge < -0.3 is 9.64 Å². The van der Waals surface area contributed by atoms with Crippen LogP contribution in [0, 0.1) is 19.8 Å². The van der Waals surface area contributed by atoms with Crippen molar-refractivity contribution in [3.8, 4) is 5.75 Å². The van der Waals surface area contributed by atoms with E-state index >= 15 is 0 Å². The monoisotopic (exact) mass is 453 g/mol. The molecule has 1 atom stereocenters. The molecule has 0 bridgehead atoms. The van der Waals surface area contributed by atoms with Gasteiger partial charge in [0.15, 0.2) is 0 Å². The van der Waals surface area contributed by atoms with Gasteiger partial charge in [0.2, 0.25) is 0 Å². The number of hydrogen-bond donors (Lipinski definition) is 0. The SMILES string of the molecule is COc1ccc2cc(CCN3CCC(COS(=O)(=O)c4ccc(C)cc4)C3)ccc2c1C. The summed E-state index contributed by atoms with van der Waals surface area (Å²) in [4.78, 5) is 2.62. The third-order valence-electron chi connectivity index (χ3n) is 6.38. The molecule has 3 aromatic carbocycles. The van der Waals surface area contributed by atoms with Crippen LogP contribution in [0.2, 0.25) is 0 Å². The number of fused-ring (bicyclic) bond motifs is 1. The molecular formula is C26H31NO4S. The molecule has 4 rings (SSSR count). The maximum atomic E-state index is 12.4. The summed E-state index contributed by atoms with van der Waals surface area (Å²) in [7, 11) is -1.99. The van der Waals surface area contributed by atoms with E-state index in [4.69, 9.17) is 8.92 Å². The number of benzene rings is 3. The lowest BCUT2D eigenvalue weighted by Crippen LogP contribution is -2.25. The largest absolute Gasteiger partial charge is 0.496 e. The molecule has 170 valence electrons. The maximum Gasteiger partial charge on any atom is 0.296 e. The van der Waals surface area contributed by atoms with Crippen LogP contribution in [0.3, 0.4) is 0 Å². The van der Waals surface area contributed by atoms with E-state index in [-0.39, 0.29) is 17.4 Å². The fourth-order valence-corrected chi connectivity index (χ4v) is 5.37. The zero-order valence-electron chi connectivity index (χ0n) is 19.0. The number of rotatable bonds is 8.